The van der Waals surface area contributed by atoms with Gasteiger partial charge >= 0.3 is 22.4 Å². The average Bonchev–Trinajstić information content (AvgIpc) is 3.88. The third-order valence-corrected chi connectivity index (χ3v) is 12.9. The molecule has 0 N–H and O–H groups in total. The molecule has 56 heavy (non-hydrogen) atoms. The van der Waals surface area contributed by atoms with Crippen molar-refractivity contribution >= 4 is 20.2 Å². The molecule has 2 aromatic carbocycles. The number of benzene rings is 2. The molecule has 0 amide bonds. The Bertz CT molecular complexity index is 1630. The Hall–Kier alpha value is -0.840. The van der Waals surface area contributed by atoms with Crippen molar-refractivity contribution in [2.75, 3.05) is 0 Å². The van der Waals surface area contributed by atoms with Crippen LogP contribution in [0.2, 0.25) is 0 Å². The standard InChI is InChI=1S/2C10H14.2C9H12F4O3S.2H2I/c2*1-10(2,3)9-7-5-4-6-8-9;2*10-8(11,9(12,13)17(14,15)16)7-4-5-1-2-6(7)3-5;;/h2*4-8H,1-3H3;2*5-7H,1-4H2,(H,14,15,16);2*1H2/q;;;;2*+1/p-2. The van der Waals surface area contributed by atoms with Gasteiger partial charge in [0.25, 0.3) is 0 Å². The predicted octanol–water partition coefficient (Wildman–Crippen LogP) is 3.30. The summed E-state index contributed by atoms with van der Waals surface area (Å²) in [5.74, 6) is -14.2. The minimum absolute atomic E-state index is 0. The van der Waals surface area contributed by atoms with E-state index in [1.807, 2.05) is 0 Å². The van der Waals surface area contributed by atoms with Crippen LogP contribution < -0.4 is 48.0 Å². The Kier molecular flexibility index (Phi) is 18.3. The Balaban J connectivity index is 0.000000380. The fourth-order valence-corrected chi connectivity index (χ4v) is 8.99. The molecule has 6 rings (SSSR count). The van der Waals surface area contributed by atoms with E-state index >= 15 is 0 Å². The van der Waals surface area contributed by atoms with Crippen LogP contribution in [0.15, 0.2) is 60.7 Å². The summed E-state index contributed by atoms with van der Waals surface area (Å²) in [5.41, 5.74) is 3.38. The lowest BCUT2D eigenvalue weighted by atomic mass is 9.84. The first-order valence-electron chi connectivity index (χ1n) is 17.9. The molecule has 6 nitrogen and oxygen atoms in total. The first kappa shape index (κ1) is 53.2. The van der Waals surface area contributed by atoms with E-state index in [4.69, 9.17) is 0 Å². The second-order valence-corrected chi connectivity index (χ2v) is 19.8. The van der Waals surface area contributed by atoms with Crippen molar-refractivity contribution in [3.8, 4) is 0 Å². The Labute approximate surface area is 360 Å². The zero-order valence-electron chi connectivity index (χ0n) is 32.1. The molecule has 4 fully saturated rings. The lowest BCUT2D eigenvalue weighted by molar-refractivity contribution is -0.202. The Morgan fingerprint density at radius 1 is 0.482 bits per heavy atom. The first-order valence-corrected chi connectivity index (χ1v) is 20.7. The SMILES string of the molecule is CC(C)(C)c1ccccc1.CC(C)(C)c1ccccc1.O=S(=O)([O-])C(F)(F)C(F)(F)C1CC2CCC1C2.O=S(=O)([O-])C(F)(F)C(F)(F)C1CC2CCC1C2.[IH2+].[IH2+]. The molecule has 18 heteroatoms. The summed E-state index contributed by atoms with van der Waals surface area (Å²) in [6, 6.07) is 21.1. The van der Waals surface area contributed by atoms with Crippen molar-refractivity contribution in [1.29, 1.82) is 0 Å². The maximum absolute atomic E-state index is 13.5. The summed E-state index contributed by atoms with van der Waals surface area (Å²) in [7, 11) is -12.7. The molecule has 4 bridgehead atoms. The molecule has 6 atom stereocenters. The summed E-state index contributed by atoms with van der Waals surface area (Å²) < 4.78 is 168. The van der Waals surface area contributed by atoms with Gasteiger partial charge in [-0.05, 0) is 84.2 Å². The van der Waals surface area contributed by atoms with Gasteiger partial charge in [0.1, 0.15) is 0 Å². The van der Waals surface area contributed by atoms with Crippen LogP contribution in [0.4, 0.5) is 35.1 Å². The minimum atomic E-state index is -6.35. The van der Waals surface area contributed by atoms with E-state index in [0.717, 1.165) is 0 Å². The van der Waals surface area contributed by atoms with Crippen molar-refractivity contribution < 1.29 is 109 Å². The fourth-order valence-electron chi connectivity index (χ4n) is 8.02. The summed E-state index contributed by atoms with van der Waals surface area (Å²) in [6.07, 6.45) is 2.84. The molecule has 0 saturated heterocycles. The van der Waals surface area contributed by atoms with Crippen molar-refractivity contribution in [3.63, 3.8) is 0 Å². The molecule has 324 valence electrons. The second-order valence-electron chi connectivity index (χ2n) is 17.0. The highest BCUT2D eigenvalue weighted by molar-refractivity contribution is 7.87. The summed E-state index contributed by atoms with van der Waals surface area (Å²) >= 11 is 0. The van der Waals surface area contributed by atoms with Gasteiger partial charge in [-0.15, -0.1) is 0 Å². The maximum Gasteiger partial charge on any atom is 0.396 e. The molecule has 0 radical (unpaired) electrons. The molecule has 0 aromatic heterocycles. The smallest absolute Gasteiger partial charge is 0.396 e. The zero-order valence-corrected chi connectivity index (χ0v) is 38.8. The third-order valence-electron chi connectivity index (χ3n) is 11.1. The van der Waals surface area contributed by atoms with Crippen LogP contribution in [0.25, 0.3) is 0 Å². The number of rotatable bonds is 6. The van der Waals surface area contributed by atoms with Gasteiger partial charge in [0.2, 0.25) is 48.0 Å². The molecule has 6 unspecified atom stereocenters. The monoisotopic (exact) mass is 1080 g/mol. The summed E-state index contributed by atoms with van der Waals surface area (Å²) in [5, 5.41) is -11.0. The highest BCUT2D eigenvalue weighted by atomic mass is 127. The third kappa shape index (κ3) is 12.1. The van der Waals surface area contributed by atoms with Crippen LogP contribution in [0.3, 0.4) is 0 Å². The first-order chi connectivity index (χ1) is 24.4. The Morgan fingerprint density at radius 3 is 0.911 bits per heavy atom. The van der Waals surface area contributed by atoms with E-state index in [1.165, 1.54) is 11.1 Å². The van der Waals surface area contributed by atoms with Crippen LogP contribution in [-0.4, -0.2) is 48.3 Å². The van der Waals surface area contributed by atoms with Crippen LogP contribution in [0.1, 0.15) is 104 Å². The van der Waals surface area contributed by atoms with E-state index in [9.17, 15) is 61.1 Å². The highest BCUT2D eigenvalue weighted by Crippen LogP contribution is 2.59. The van der Waals surface area contributed by atoms with E-state index in [0.29, 0.717) is 49.4 Å². The molecule has 0 aliphatic heterocycles. The average molecular weight is 1080 g/mol. The topological polar surface area (TPSA) is 114 Å². The van der Waals surface area contributed by atoms with Crippen LogP contribution >= 0.6 is 0 Å². The summed E-state index contributed by atoms with van der Waals surface area (Å²) in [4.78, 5) is 0. The van der Waals surface area contributed by atoms with Crippen molar-refractivity contribution in [2.45, 2.75) is 126 Å². The van der Waals surface area contributed by atoms with E-state index < -0.39 is 66.3 Å². The van der Waals surface area contributed by atoms with Gasteiger partial charge in [0, 0.05) is 11.8 Å². The normalized spacial score (nSPS) is 24.9. The van der Waals surface area contributed by atoms with Gasteiger partial charge in [0.05, 0.1) is 0 Å². The Morgan fingerprint density at radius 2 is 0.750 bits per heavy atom. The minimum Gasteiger partial charge on any atom is -0.743 e. The molecule has 4 aliphatic rings. The van der Waals surface area contributed by atoms with Gasteiger partial charge in [-0.25, -0.2) is 16.8 Å². The van der Waals surface area contributed by atoms with Gasteiger partial charge in [0.15, 0.2) is 20.2 Å². The molecule has 4 saturated carbocycles. The van der Waals surface area contributed by atoms with Crippen LogP contribution in [0.5, 0.6) is 0 Å². The molecule has 0 spiro atoms. The number of hydrogen-bond acceptors (Lipinski definition) is 6. The van der Waals surface area contributed by atoms with Crippen molar-refractivity contribution in [1.82, 2.24) is 0 Å². The van der Waals surface area contributed by atoms with Crippen molar-refractivity contribution in [2.24, 2.45) is 35.5 Å². The predicted molar refractivity (Wildman–Crippen MR) is 193 cm³/mol. The van der Waals surface area contributed by atoms with Crippen molar-refractivity contribution in [3.05, 3.63) is 71.8 Å². The maximum atomic E-state index is 13.5. The van der Waals surface area contributed by atoms with E-state index in [-0.39, 0.29) is 72.6 Å². The molecule has 4 aliphatic carbocycles. The second kappa shape index (κ2) is 19.3. The van der Waals surface area contributed by atoms with Crippen LogP contribution in [-0.2, 0) is 31.1 Å². The summed E-state index contributed by atoms with van der Waals surface area (Å²) in [6.45, 7) is 13.3. The number of fused-ring (bicyclic) bond motifs is 4. The molecule has 2 aromatic rings. The number of halogens is 10. The van der Waals surface area contributed by atoms with E-state index in [1.54, 1.807) is 0 Å². The van der Waals surface area contributed by atoms with Gasteiger partial charge < -0.3 is 9.11 Å². The fraction of sp³-hybridized carbons (Fsp3) is 0.684. The van der Waals surface area contributed by atoms with Gasteiger partial charge in [-0.1, -0.05) is 115 Å². The molecule has 0 heterocycles. The van der Waals surface area contributed by atoms with Gasteiger partial charge in [-0.3, -0.25) is 0 Å². The van der Waals surface area contributed by atoms with Gasteiger partial charge in [-0.2, -0.15) is 35.1 Å². The largest absolute Gasteiger partial charge is 0.743 e. The lowest BCUT2D eigenvalue weighted by Gasteiger charge is -2.36. The van der Waals surface area contributed by atoms with E-state index in [2.05, 4.69) is 102 Å². The van der Waals surface area contributed by atoms with Crippen LogP contribution in [0, 0.1) is 35.5 Å². The number of hydrogen-bond donors (Lipinski definition) is 0. The zero-order chi connectivity index (χ0) is 41.3. The molecular weight excluding hydrogens is 1020 g/mol. The quantitative estimate of drug-likeness (QED) is 0.250. The highest BCUT2D eigenvalue weighted by Gasteiger charge is 2.69. The lowest BCUT2D eigenvalue weighted by Crippen LogP contribution is -3.00. The molecular formula is C38H54F8I2O6S2. The number of alkyl halides is 8.